The van der Waals surface area contributed by atoms with Gasteiger partial charge in [-0.05, 0) is 43.9 Å². The molecule has 1 aliphatic rings. The minimum Gasteiger partial charge on any atom is -0.373 e. The summed E-state index contributed by atoms with van der Waals surface area (Å²) in [6.07, 6.45) is 10.3. The number of rotatable bonds is 10. The van der Waals surface area contributed by atoms with Crippen molar-refractivity contribution in [2.45, 2.75) is 97.6 Å². The molecule has 2 heteroatoms. The van der Waals surface area contributed by atoms with Gasteiger partial charge in [0.1, 0.15) is 0 Å². The van der Waals surface area contributed by atoms with Crippen LogP contribution in [0.5, 0.6) is 0 Å². The van der Waals surface area contributed by atoms with Gasteiger partial charge in [-0.2, -0.15) is 0 Å². The van der Waals surface area contributed by atoms with Gasteiger partial charge in [0.2, 0.25) is 0 Å². The molecule has 1 unspecified atom stereocenters. The third-order valence-corrected chi connectivity index (χ3v) is 5.19. The minimum atomic E-state index is 0.108. The lowest BCUT2D eigenvalue weighted by Crippen LogP contribution is -2.48. The second kappa shape index (κ2) is 9.84. The highest BCUT2D eigenvalue weighted by atomic mass is 16.5. The Kier molecular flexibility index (Phi) is 8.89. The molecule has 21 heavy (non-hydrogen) atoms. The molecule has 126 valence electrons. The van der Waals surface area contributed by atoms with Gasteiger partial charge in [0.25, 0.3) is 0 Å². The van der Waals surface area contributed by atoms with Gasteiger partial charge in [-0.3, -0.25) is 0 Å². The lowest BCUT2D eigenvalue weighted by molar-refractivity contribution is -0.0897. The summed E-state index contributed by atoms with van der Waals surface area (Å²) in [5.41, 5.74) is 0.108. The average molecular weight is 298 g/mol. The van der Waals surface area contributed by atoms with Crippen molar-refractivity contribution in [2.24, 2.45) is 11.8 Å². The summed E-state index contributed by atoms with van der Waals surface area (Å²) in [6, 6.07) is 0.548. The lowest BCUT2D eigenvalue weighted by atomic mass is 9.79. The van der Waals surface area contributed by atoms with Crippen LogP contribution < -0.4 is 5.32 Å². The van der Waals surface area contributed by atoms with Gasteiger partial charge < -0.3 is 10.1 Å². The van der Waals surface area contributed by atoms with Crippen LogP contribution in [0, 0.1) is 11.8 Å². The van der Waals surface area contributed by atoms with Gasteiger partial charge in [0, 0.05) is 12.6 Å². The fourth-order valence-electron chi connectivity index (χ4n) is 3.24. The Balaban J connectivity index is 2.51. The second-order valence-corrected chi connectivity index (χ2v) is 7.63. The summed E-state index contributed by atoms with van der Waals surface area (Å²) in [6.45, 7) is 13.4. The van der Waals surface area contributed by atoms with Crippen LogP contribution >= 0.6 is 0 Å². The highest BCUT2D eigenvalue weighted by molar-refractivity contribution is 4.89. The van der Waals surface area contributed by atoms with E-state index in [4.69, 9.17) is 4.74 Å². The Morgan fingerprint density at radius 1 is 1.19 bits per heavy atom. The average Bonchev–Trinajstić information content (AvgIpc) is 2.48. The number of nitrogens with one attached hydrogen (secondary N) is 1. The van der Waals surface area contributed by atoms with Crippen LogP contribution in [0.15, 0.2) is 0 Å². The Morgan fingerprint density at radius 2 is 1.86 bits per heavy atom. The molecule has 0 radical (unpaired) electrons. The molecule has 1 atom stereocenters. The van der Waals surface area contributed by atoms with E-state index in [9.17, 15) is 0 Å². The standard InChI is InChI=1S/C19H39NO/c1-6-8-9-18(7-2)14-21-19(15-20-16(3)4)12-10-17(5)11-13-19/h16-18,20H,6-15H2,1-5H3. The summed E-state index contributed by atoms with van der Waals surface area (Å²) in [5.74, 6) is 1.63. The molecule has 1 saturated carbocycles. The van der Waals surface area contributed by atoms with E-state index in [1.54, 1.807) is 0 Å². The second-order valence-electron chi connectivity index (χ2n) is 7.63. The van der Waals surface area contributed by atoms with E-state index in [1.807, 2.05) is 0 Å². The zero-order chi connectivity index (χ0) is 15.7. The summed E-state index contributed by atoms with van der Waals surface area (Å²) in [4.78, 5) is 0. The largest absolute Gasteiger partial charge is 0.373 e. The molecule has 0 saturated heterocycles. The Hall–Kier alpha value is -0.0800. The van der Waals surface area contributed by atoms with Crippen LogP contribution in [0.3, 0.4) is 0 Å². The normalized spacial score (nSPS) is 28.0. The Labute approximate surface area is 133 Å². The predicted octanol–water partition coefficient (Wildman–Crippen LogP) is 5.17. The van der Waals surface area contributed by atoms with Crippen molar-refractivity contribution in [2.75, 3.05) is 13.2 Å². The number of hydrogen-bond acceptors (Lipinski definition) is 2. The van der Waals surface area contributed by atoms with Gasteiger partial charge >= 0.3 is 0 Å². The lowest BCUT2D eigenvalue weighted by Gasteiger charge is -2.41. The molecule has 1 fully saturated rings. The van der Waals surface area contributed by atoms with Gasteiger partial charge in [0.15, 0.2) is 0 Å². The van der Waals surface area contributed by atoms with Crippen molar-refractivity contribution in [1.29, 1.82) is 0 Å². The Bertz CT molecular complexity index is 256. The maximum Gasteiger partial charge on any atom is 0.0806 e. The molecule has 1 aliphatic carbocycles. The molecular formula is C19H39NO. The maximum atomic E-state index is 6.56. The first-order valence-corrected chi connectivity index (χ1v) is 9.38. The number of unbranched alkanes of at least 4 members (excludes halogenated alkanes) is 1. The van der Waals surface area contributed by atoms with Crippen molar-refractivity contribution in [3.8, 4) is 0 Å². The predicted molar refractivity (Wildman–Crippen MR) is 92.8 cm³/mol. The van der Waals surface area contributed by atoms with Crippen molar-refractivity contribution in [3.63, 3.8) is 0 Å². The molecule has 1 N–H and O–H groups in total. The van der Waals surface area contributed by atoms with E-state index in [2.05, 4.69) is 39.9 Å². The molecule has 0 aromatic heterocycles. The summed E-state index contributed by atoms with van der Waals surface area (Å²) in [5, 5.41) is 3.63. The van der Waals surface area contributed by atoms with Crippen LogP contribution in [0.4, 0.5) is 0 Å². The van der Waals surface area contributed by atoms with E-state index < -0.39 is 0 Å². The zero-order valence-electron chi connectivity index (χ0n) is 15.2. The van der Waals surface area contributed by atoms with Gasteiger partial charge in [-0.25, -0.2) is 0 Å². The molecule has 0 bridgehead atoms. The summed E-state index contributed by atoms with van der Waals surface area (Å²) >= 11 is 0. The first-order chi connectivity index (χ1) is 10.0. The van der Waals surface area contributed by atoms with Crippen molar-refractivity contribution >= 4 is 0 Å². The maximum absolute atomic E-state index is 6.56. The Morgan fingerprint density at radius 3 is 2.38 bits per heavy atom. The molecule has 0 aliphatic heterocycles. The molecule has 2 nitrogen and oxygen atoms in total. The SMILES string of the molecule is CCCCC(CC)COC1(CNC(C)C)CCC(C)CC1. The van der Waals surface area contributed by atoms with Crippen LogP contribution in [0.2, 0.25) is 0 Å². The highest BCUT2D eigenvalue weighted by Crippen LogP contribution is 2.35. The van der Waals surface area contributed by atoms with E-state index in [1.165, 1.54) is 51.4 Å². The molecule has 0 amide bonds. The summed E-state index contributed by atoms with van der Waals surface area (Å²) in [7, 11) is 0. The first-order valence-electron chi connectivity index (χ1n) is 9.38. The fourth-order valence-corrected chi connectivity index (χ4v) is 3.24. The molecule has 0 aromatic rings. The van der Waals surface area contributed by atoms with E-state index >= 15 is 0 Å². The molecule has 0 heterocycles. The van der Waals surface area contributed by atoms with Gasteiger partial charge in [-0.15, -0.1) is 0 Å². The number of hydrogen-bond donors (Lipinski definition) is 1. The minimum absolute atomic E-state index is 0.108. The molecule has 0 aromatic carbocycles. The fraction of sp³-hybridized carbons (Fsp3) is 1.00. The van der Waals surface area contributed by atoms with Crippen LogP contribution in [-0.2, 0) is 4.74 Å². The van der Waals surface area contributed by atoms with Gasteiger partial charge in [0.05, 0.1) is 12.2 Å². The quantitative estimate of drug-likeness (QED) is 0.601. The smallest absolute Gasteiger partial charge is 0.0806 e. The topological polar surface area (TPSA) is 21.3 Å². The molecule has 0 spiro atoms. The van der Waals surface area contributed by atoms with Crippen LogP contribution in [0.25, 0.3) is 0 Å². The van der Waals surface area contributed by atoms with E-state index in [0.29, 0.717) is 6.04 Å². The van der Waals surface area contributed by atoms with Crippen molar-refractivity contribution in [3.05, 3.63) is 0 Å². The van der Waals surface area contributed by atoms with Crippen molar-refractivity contribution in [1.82, 2.24) is 5.32 Å². The third-order valence-electron chi connectivity index (χ3n) is 5.19. The third kappa shape index (κ3) is 7.15. The van der Waals surface area contributed by atoms with Crippen molar-refractivity contribution < 1.29 is 4.74 Å². The van der Waals surface area contributed by atoms with Crippen LogP contribution in [0.1, 0.15) is 86.0 Å². The molecule has 1 rings (SSSR count). The first kappa shape index (κ1) is 19.0. The monoisotopic (exact) mass is 297 g/mol. The molecular weight excluding hydrogens is 258 g/mol. The highest BCUT2D eigenvalue weighted by Gasteiger charge is 2.35. The van der Waals surface area contributed by atoms with E-state index in [-0.39, 0.29) is 5.60 Å². The number of ether oxygens (including phenoxy) is 1. The zero-order valence-corrected chi connectivity index (χ0v) is 15.2. The van der Waals surface area contributed by atoms with Crippen LogP contribution in [-0.4, -0.2) is 24.8 Å². The summed E-state index contributed by atoms with van der Waals surface area (Å²) < 4.78 is 6.56. The van der Waals surface area contributed by atoms with E-state index in [0.717, 1.165) is 25.0 Å². The van der Waals surface area contributed by atoms with Gasteiger partial charge in [-0.1, -0.05) is 53.9 Å².